The molecule has 0 heterocycles. The predicted octanol–water partition coefficient (Wildman–Crippen LogP) is 2.74. The van der Waals surface area contributed by atoms with E-state index in [0.29, 0.717) is 12.5 Å². The number of nitrogens with two attached hydrogens (primary N) is 1. The molecule has 0 saturated heterocycles. The van der Waals surface area contributed by atoms with Crippen LogP contribution in [0.15, 0.2) is 0 Å². The largest absolute Gasteiger partial charge is 0.354 e. The van der Waals surface area contributed by atoms with Crippen molar-refractivity contribution < 1.29 is 4.74 Å². The normalized spacial score (nSPS) is 12.3. The summed E-state index contributed by atoms with van der Waals surface area (Å²) in [5, 5.41) is 0. The Morgan fingerprint density at radius 2 is 2.13 bits per heavy atom. The van der Waals surface area contributed by atoms with E-state index in [1.807, 2.05) is 0 Å². The molecule has 0 rings (SSSR count). The summed E-state index contributed by atoms with van der Waals surface area (Å²) in [5.74, 6) is 6.53. The van der Waals surface area contributed by atoms with Crippen LogP contribution < -0.4 is 5.73 Å². The molecule has 2 N–H and O–H groups in total. The highest BCUT2D eigenvalue weighted by Gasteiger charge is 2.07. The van der Waals surface area contributed by atoms with E-state index in [1.165, 1.54) is 0 Å². The zero-order valence-electron chi connectivity index (χ0n) is 9.79. The first-order chi connectivity index (χ1) is 7.20. The molecule has 4 heteroatoms. The van der Waals surface area contributed by atoms with Gasteiger partial charge in [-0.25, -0.2) is 0 Å². The summed E-state index contributed by atoms with van der Waals surface area (Å²) in [6, 6.07) is 0. The van der Waals surface area contributed by atoms with Gasteiger partial charge in [-0.1, -0.05) is 47.3 Å². The SMILES string of the molecule is CSSC(CCCN)OCC#CC(C)C. The van der Waals surface area contributed by atoms with E-state index in [9.17, 15) is 0 Å². The summed E-state index contributed by atoms with van der Waals surface area (Å²) in [5.41, 5.74) is 5.69. The Labute approximate surface area is 101 Å². The van der Waals surface area contributed by atoms with Crippen LogP contribution in [0.25, 0.3) is 0 Å². The maximum atomic E-state index is 5.65. The van der Waals surface area contributed by atoms with Crippen molar-refractivity contribution >= 4 is 21.6 Å². The highest BCUT2D eigenvalue weighted by molar-refractivity contribution is 8.76. The van der Waals surface area contributed by atoms with Gasteiger partial charge in [-0.3, -0.25) is 0 Å². The fourth-order valence-electron chi connectivity index (χ4n) is 0.931. The van der Waals surface area contributed by atoms with Crippen LogP contribution >= 0.6 is 21.6 Å². The molecule has 0 aliphatic heterocycles. The van der Waals surface area contributed by atoms with Crippen molar-refractivity contribution in [3.8, 4) is 11.8 Å². The average Bonchev–Trinajstić information content (AvgIpc) is 2.20. The van der Waals surface area contributed by atoms with Crippen molar-refractivity contribution in [3.63, 3.8) is 0 Å². The van der Waals surface area contributed by atoms with Gasteiger partial charge in [0.25, 0.3) is 0 Å². The van der Waals surface area contributed by atoms with Gasteiger partial charge >= 0.3 is 0 Å². The lowest BCUT2D eigenvalue weighted by atomic mass is 10.2. The highest BCUT2D eigenvalue weighted by atomic mass is 33.1. The molecule has 1 atom stereocenters. The zero-order valence-corrected chi connectivity index (χ0v) is 11.4. The fourth-order valence-corrected chi connectivity index (χ4v) is 2.63. The van der Waals surface area contributed by atoms with Crippen molar-refractivity contribution in [2.75, 3.05) is 19.4 Å². The minimum atomic E-state index is 0.227. The fraction of sp³-hybridized carbons (Fsp3) is 0.818. The minimum Gasteiger partial charge on any atom is -0.354 e. The quantitative estimate of drug-likeness (QED) is 0.426. The standard InChI is InChI=1S/C11H21NOS2/c1-10(2)6-5-9-13-11(15-14-3)7-4-8-12/h10-11H,4,7-9,12H2,1-3H3. The van der Waals surface area contributed by atoms with Gasteiger partial charge in [0.2, 0.25) is 0 Å². The molecule has 0 spiro atoms. The van der Waals surface area contributed by atoms with Crippen LogP contribution in [0.4, 0.5) is 0 Å². The molecule has 0 aliphatic rings. The van der Waals surface area contributed by atoms with E-state index in [0.717, 1.165) is 19.4 Å². The third-order valence-corrected chi connectivity index (χ3v) is 3.58. The highest BCUT2D eigenvalue weighted by Crippen LogP contribution is 2.27. The molecule has 88 valence electrons. The van der Waals surface area contributed by atoms with Crippen LogP contribution in [0.2, 0.25) is 0 Å². The Morgan fingerprint density at radius 3 is 2.67 bits per heavy atom. The molecule has 0 aromatic heterocycles. The van der Waals surface area contributed by atoms with Gasteiger partial charge in [0.15, 0.2) is 0 Å². The average molecular weight is 247 g/mol. The third-order valence-electron chi connectivity index (χ3n) is 1.58. The summed E-state index contributed by atoms with van der Waals surface area (Å²) in [4.78, 5) is 0. The van der Waals surface area contributed by atoms with Gasteiger partial charge in [0.05, 0.1) is 0 Å². The molecule has 15 heavy (non-hydrogen) atoms. The van der Waals surface area contributed by atoms with Crippen LogP contribution in [0.1, 0.15) is 26.7 Å². The Hall–Kier alpha value is 0.180. The molecule has 0 saturated carbocycles. The second-order valence-electron chi connectivity index (χ2n) is 3.41. The number of rotatable bonds is 7. The summed E-state index contributed by atoms with van der Waals surface area (Å²) >= 11 is 0. The van der Waals surface area contributed by atoms with Crippen molar-refractivity contribution in [2.45, 2.75) is 32.1 Å². The maximum absolute atomic E-state index is 5.65. The molecular weight excluding hydrogens is 226 g/mol. The van der Waals surface area contributed by atoms with E-state index in [4.69, 9.17) is 10.5 Å². The number of ether oxygens (including phenoxy) is 1. The maximum Gasteiger partial charge on any atom is 0.114 e. The Bertz CT molecular complexity index is 198. The number of hydrogen-bond donors (Lipinski definition) is 1. The molecule has 1 unspecified atom stereocenters. The van der Waals surface area contributed by atoms with Crippen molar-refractivity contribution in [1.82, 2.24) is 0 Å². The van der Waals surface area contributed by atoms with E-state index < -0.39 is 0 Å². The summed E-state index contributed by atoms with van der Waals surface area (Å²) < 4.78 is 5.65. The molecule has 0 aliphatic carbocycles. The summed E-state index contributed by atoms with van der Waals surface area (Å²) in [6.07, 6.45) is 4.07. The van der Waals surface area contributed by atoms with E-state index in [1.54, 1.807) is 21.6 Å². The monoisotopic (exact) mass is 247 g/mol. The smallest absolute Gasteiger partial charge is 0.114 e. The predicted molar refractivity (Wildman–Crippen MR) is 71.7 cm³/mol. The molecule has 0 bridgehead atoms. The molecule has 0 radical (unpaired) electrons. The first-order valence-corrected chi connectivity index (χ1v) is 7.82. The second-order valence-corrected chi connectivity index (χ2v) is 6.04. The van der Waals surface area contributed by atoms with Crippen LogP contribution in [0, 0.1) is 17.8 Å². The van der Waals surface area contributed by atoms with Gasteiger partial charge in [0.1, 0.15) is 12.0 Å². The van der Waals surface area contributed by atoms with Crippen molar-refractivity contribution in [3.05, 3.63) is 0 Å². The van der Waals surface area contributed by atoms with E-state index in [-0.39, 0.29) is 5.44 Å². The molecule has 0 aromatic rings. The lowest BCUT2D eigenvalue weighted by molar-refractivity contribution is 0.137. The summed E-state index contributed by atoms with van der Waals surface area (Å²) in [6.45, 7) is 5.42. The number of hydrogen-bond acceptors (Lipinski definition) is 4. The van der Waals surface area contributed by atoms with Crippen molar-refractivity contribution in [2.24, 2.45) is 11.7 Å². The molecular formula is C11H21NOS2. The van der Waals surface area contributed by atoms with Gasteiger partial charge in [-0.05, 0) is 25.6 Å². The molecule has 2 nitrogen and oxygen atoms in total. The van der Waals surface area contributed by atoms with Gasteiger partial charge < -0.3 is 10.5 Å². The van der Waals surface area contributed by atoms with Crippen LogP contribution in [-0.4, -0.2) is 24.8 Å². The van der Waals surface area contributed by atoms with Gasteiger partial charge in [-0.15, -0.1) is 0 Å². The zero-order chi connectivity index (χ0) is 11.5. The third kappa shape index (κ3) is 10.5. The Morgan fingerprint density at radius 1 is 1.40 bits per heavy atom. The lowest BCUT2D eigenvalue weighted by Gasteiger charge is -2.13. The Balaban J connectivity index is 3.71. The van der Waals surface area contributed by atoms with E-state index in [2.05, 4.69) is 31.9 Å². The minimum absolute atomic E-state index is 0.227. The van der Waals surface area contributed by atoms with Crippen LogP contribution in [0.5, 0.6) is 0 Å². The first-order valence-electron chi connectivity index (χ1n) is 5.20. The molecule has 0 amide bonds. The van der Waals surface area contributed by atoms with Crippen molar-refractivity contribution in [1.29, 1.82) is 0 Å². The van der Waals surface area contributed by atoms with Gasteiger partial charge in [0, 0.05) is 5.92 Å². The topological polar surface area (TPSA) is 35.2 Å². The Kier molecular flexibility index (Phi) is 10.8. The second kappa shape index (κ2) is 10.7. The van der Waals surface area contributed by atoms with Crippen LogP contribution in [0.3, 0.4) is 0 Å². The lowest BCUT2D eigenvalue weighted by Crippen LogP contribution is -2.10. The summed E-state index contributed by atoms with van der Waals surface area (Å²) in [7, 11) is 3.47. The first kappa shape index (κ1) is 15.2. The molecule has 0 aromatic carbocycles. The molecule has 0 fully saturated rings. The van der Waals surface area contributed by atoms with E-state index >= 15 is 0 Å². The van der Waals surface area contributed by atoms with Crippen LogP contribution in [-0.2, 0) is 4.74 Å². The van der Waals surface area contributed by atoms with Gasteiger partial charge in [-0.2, -0.15) is 0 Å².